The van der Waals surface area contributed by atoms with Crippen LogP contribution in [0.15, 0.2) is 22.8 Å². The fourth-order valence-electron chi connectivity index (χ4n) is 15.2. The second-order valence-corrected chi connectivity index (χ2v) is 24.8. The summed E-state index contributed by atoms with van der Waals surface area (Å²) in [6.07, 6.45) is -15.7. The number of hydrogen-bond donors (Lipinski definition) is 11. The molecular weight excluding hydrogens is 1010 g/mol. The molecule has 4 heterocycles. The molecule has 0 aromatic rings. The Balaban J connectivity index is 1.05. The molecule has 10 unspecified atom stereocenters. The average Bonchev–Trinajstić information content (AvgIpc) is 3.83. The van der Waals surface area contributed by atoms with Crippen molar-refractivity contribution in [2.45, 2.75) is 237 Å². The lowest BCUT2D eigenvalue weighted by Gasteiger charge is -2.61. The number of hydrogen-bond acceptors (Lipinski definition) is 20. The largest absolute Gasteiger partial charge is 0.394 e. The first-order valence-corrected chi connectivity index (χ1v) is 27.8. The number of fused-ring (bicyclic) bond motifs is 4. The highest BCUT2D eigenvalue weighted by atomic mass is 16.8. The molecule has 11 N–H and O–H groups in total. The molecule has 8 rings (SSSR count). The van der Waals surface area contributed by atoms with Crippen LogP contribution in [-0.2, 0) is 52.3 Å². The molecule has 22 nitrogen and oxygen atoms in total. The molecule has 22 heteroatoms. The molecule has 438 valence electrons. The van der Waals surface area contributed by atoms with Gasteiger partial charge in [-0.1, -0.05) is 51.3 Å². The van der Waals surface area contributed by atoms with Crippen LogP contribution in [0.5, 0.6) is 0 Å². The summed E-state index contributed by atoms with van der Waals surface area (Å²) in [6.45, 7) is 15.8. The number of allylic oxidation sites excluding steroid dienone is 4. The number of nitrogens with one attached hydrogen (secondary N) is 2. The van der Waals surface area contributed by atoms with Gasteiger partial charge in [0.2, 0.25) is 11.8 Å². The zero-order valence-electron chi connectivity index (χ0n) is 46.1. The predicted octanol–water partition coefficient (Wildman–Crippen LogP) is 0.131. The Kier molecular flexibility index (Phi) is 18.9. The second-order valence-electron chi connectivity index (χ2n) is 24.8. The Bertz CT molecular complexity index is 2160. The predicted molar refractivity (Wildman–Crippen MR) is 270 cm³/mol. The van der Waals surface area contributed by atoms with Gasteiger partial charge >= 0.3 is 0 Å². The first kappa shape index (κ1) is 60.5. The minimum Gasteiger partial charge on any atom is -0.394 e. The molecule has 4 saturated heterocycles. The maximum absolute atomic E-state index is 13.0. The highest BCUT2D eigenvalue weighted by Gasteiger charge is 2.61. The van der Waals surface area contributed by atoms with Gasteiger partial charge in [0.05, 0.1) is 32.5 Å². The number of rotatable bonds is 16. The zero-order chi connectivity index (χ0) is 56.2. The van der Waals surface area contributed by atoms with Crippen molar-refractivity contribution in [1.29, 1.82) is 0 Å². The standard InChI is InChI=1S/C55H88N2O20/c1-24(2)18-28(61)19-25(3)30-11-12-31-29-10-13-37-53(6,7)38(15-17-55(37,9)32(29)14-16-54(30,31)8)76-52-48(44(66)36(23-72-52)75-49-39(56-26(4)59)45(67)42(64)34(20-58)73-49)77-50-40(57-27(5)60)46(68)43(65)35(74-50)22-71-51-47(69)41(63)33(62)21-70-51/h18,25,30-31,33-52,58,62-69H,10-17,19-23H2,1-9H3,(H,56,59)(H,57,60)/t25-,30-,31+,33-,34?,35?,36-,37+,38+,39?,40?,41?,42+,43-,44?,45?,46?,47?,48?,49+,50+,51+,52+,54-,55-/m1/s1. The third-order valence-electron chi connectivity index (χ3n) is 19.1. The molecule has 6 fully saturated rings. The van der Waals surface area contributed by atoms with Gasteiger partial charge in [-0.05, 0) is 111 Å². The van der Waals surface area contributed by atoms with Crippen LogP contribution < -0.4 is 10.6 Å². The number of carbonyl (C=O) groups is 3. The van der Waals surface area contributed by atoms with E-state index in [9.17, 15) is 60.3 Å². The van der Waals surface area contributed by atoms with Crippen LogP contribution in [0, 0.1) is 39.9 Å². The van der Waals surface area contributed by atoms with Crippen molar-refractivity contribution < 1.29 is 98.2 Å². The fourth-order valence-corrected chi connectivity index (χ4v) is 15.2. The summed E-state index contributed by atoms with van der Waals surface area (Å²) in [5, 5.41) is 103. The summed E-state index contributed by atoms with van der Waals surface area (Å²) in [4.78, 5) is 38.0. The van der Waals surface area contributed by atoms with Gasteiger partial charge < -0.3 is 94.5 Å². The third kappa shape index (κ3) is 12.0. The molecule has 2 saturated carbocycles. The number of ketones is 1. The highest BCUT2D eigenvalue weighted by molar-refractivity contribution is 5.90. The molecule has 4 aliphatic carbocycles. The summed E-state index contributed by atoms with van der Waals surface area (Å²) in [6, 6.07) is -2.86. The molecule has 0 radical (unpaired) electrons. The van der Waals surface area contributed by atoms with E-state index in [1.165, 1.54) is 13.8 Å². The van der Waals surface area contributed by atoms with E-state index in [2.05, 4.69) is 45.3 Å². The lowest BCUT2D eigenvalue weighted by atomic mass is 9.45. The fraction of sp³-hybridized carbons (Fsp3) is 0.873. The molecule has 8 aliphatic rings. The summed E-state index contributed by atoms with van der Waals surface area (Å²) >= 11 is 0. The van der Waals surface area contributed by atoms with Gasteiger partial charge in [-0.3, -0.25) is 14.4 Å². The minimum atomic E-state index is -1.78. The van der Waals surface area contributed by atoms with E-state index in [4.69, 9.17) is 37.9 Å². The van der Waals surface area contributed by atoms with Crippen LogP contribution in [0.1, 0.15) is 120 Å². The molecule has 25 atom stereocenters. The SMILES string of the molecule is CC(=O)NC1C(O)[C@H](O)C(CO[C@@H]2OC[C@@H](O)C(O)C2O)O[C@H]1OC1C(O)[C@H](O[C@@H]2OC(CO)[C@H](O)C(O)C2NC(C)=O)CO[C@H]1O[C@H]1CC[C@]2(C)C3=C(CC[C@H]2C1(C)C)[C@@H]1CC[C@H]([C@H](C)CC(=O)C=C(C)C)[C@@]1(C)CC3. The molecule has 0 spiro atoms. The van der Waals surface area contributed by atoms with E-state index in [1.54, 1.807) is 17.2 Å². The van der Waals surface area contributed by atoms with Gasteiger partial charge in [-0.2, -0.15) is 0 Å². The third-order valence-corrected chi connectivity index (χ3v) is 19.1. The van der Waals surface area contributed by atoms with Crippen LogP contribution in [0.2, 0.25) is 0 Å². The first-order chi connectivity index (χ1) is 36.2. The lowest BCUT2D eigenvalue weighted by Crippen LogP contribution is -2.68. The number of amides is 2. The molecule has 77 heavy (non-hydrogen) atoms. The topological polar surface area (TPSA) is 331 Å². The molecule has 0 aromatic carbocycles. The average molecular weight is 1100 g/mol. The van der Waals surface area contributed by atoms with Gasteiger partial charge in [0.25, 0.3) is 0 Å². The van der Waals surface area contributed by atoms with E-state index in [-0.39, 0.29) is 41.7 Å². The molecular formula is C55H88N2O20. The van der Waals surface area contributed by atoms with Crippen LogP contribution in [0.3, 0.4) is 0 Å². The van der Waals surface area contributed by atoms with Crippen molar-refractivity contribution in [3.05, 3.63) is 22.8 Å². The van der Waals surface area contributed by atoms with Crippen LogP contribution in [0.25, 0.3) is 0 Å². The Morgan fingerprint density at radius 1 is 0.688 bits per heavy atom. The maximum atomic E-state index is 13.0. The molecule has 2 amide bonds. The van der Waals surface area contributed by atoms with Crippen LogP contribution >= 0.6 is 0 Å². The minimum absolute atomic E-state index is 0.107. The van der Waals surface area contributed by atoms with Crippen molar-refractivity contribution in [1.82, 2.24) is 10.6 Å². The summed E-state index contributed by atoms with van der Waals surface area (Å²) in [7, 11) is 0. The van der Waals surface area contributed by atoms with Crippen molar-refractivity contribution >= 4 is 17.6 Å². The monoisotopic (exact) mass is 1100 g/mol. The van der Waals surface area contributed by atoms with E-state index < -0.39 is 147 Å². The number of carbonyl (C=O) groups excluding carboxylic acids is 3. The van der Waals surface area contributed by atoms with Gasteiger partial charge in [0.15, 0.2) is 30.9 Å². The summed E-state index contributed by atoms with van der Waals surface area (Å²) in [5.41, 5.74) is 3.67. The summed E-state index contributed by atoms with van der Waals surface area (Å²) in [5.74, 6) is 0.317. The smallest absolute Gasteiger partial charge is 0.217 e. The Morgan fingerprint density at radius 2 is 1.31 bits per heavy atom. The van der Waals surface area contributed by atoms with Crippen LogP contribution in [-0.4, -0.2) is 207 Å². The van der Waals surface area contributed by atoms with Gasteiger partial charge in [0.1, 0.15) is 85.3 Å². The van der Waals surface area contributed by atoms with E-state index in [0.29, 0.717) is 24.7 Å². The van der Waals surface area contributed by atoms with Crippen LogP contribution in [0.4, 0.5) is 0 Å². The van der Waals surface area contributed by atoms with E-state index in [1.807, 2.05) is 13.8 Å². The highest BCUT2D eigenvalue weighted by Crippen LogP contribution is 2.68. The zero-order valence-corrected chi connectivity index (χ0v) is 46.1. The lowest BCUT2D eigenvalue weighted by molar-refractivity contribution is -0.371. The quantitative estimate of drug-likeness (QED) is 0.0723. The van der Waals surface area contributed by atoms with E-state index in [0.717, 1.165) is 50.5 Å². The summed E-state index contributed by atoms with van der Waals surface area (Å²) < 4.78 is 49.5. The Labute approximate surface area is 451 Å². The number of aliphatic hydroxyl groups is 9. The van der Waals surface area contributed by atoms with Crippen molar-refractivity contribution in [3.63, 3.8) is 0 Å². The normalized spacial score (nSPS) is 46.2. The second kappa shape index (κ2) is 24.1. The molecule has 0 bridgehead atoms. The molecule has 0 aromatic heterocycles. The van der Waals surface area contributed by atoms with Gasteiger partial charge in [-0.25, -0.2) is 0 Å². The molecule has 4 aliphatic heterocycles. The van der Waals surface area contributed by atoms with Crippen molar-refractivity contribution in [3.8, 4) is 0 Å². The Hall–Kier alpha value is -2.59. The maximum Gasteiger partial charge on any atom is 0.217 e. The Morgan fingerprint density at radius 3 is 1.95 bits per heavy atom. The van der Waals surface area contributed by atoms with Crippen molar-refractivity contribution in [2.75, 3.05) is 26.4 Å². The van der Waals surface area contributed by atoms with Gasteiger partial charge in [-0.15, -0.1) is 0 Å². The van der Waals surface area contributed by atoms with Gasteiger partial charge in [0, 0.05) is 20.3 Å². The number of aliphatic hydroxyl groups excluding tert-OH is 9. The number of ether oxygens (including phenoxy) is 8. The van der Waals surface area contributed by atoms with E-state index >= 15 is 0 Å². The first-order valence-electron chi connectivity index (χ1n) is 27.8. The van der Waals surface area contributed by atoms with Crippen molar-refractivity contribution in [2.24, 2.45) is 39.9 Å².